The molecule has 1 rings (SSSR count). The number of ketones is 1. The van der Waals surface area contributed by atoms with Gasteiger partial charge in [0.15, 0.2) is 11.9 Å². The first-order valence-corrected chi connectivity index (χ1v) is 23.3. The number of allylic oxidation sites excluding steroid dienone is 15. The van der Waals surface area contributed by atoms with E-state index >= 15 is 0 Å². The first-order chi connectivity index (χ1) is 28.6. The van der Waals surface area contributed by atoms with E-state index in [4.69, 9.17) is 24.3 Å². The van der Waals surface area contributed by atoms with E-state index in [1.807, 2.05) is 36.5 Å². The lowest BCUT2D eigenvalue weighted by atomic mass is 9.90. The minimum absolute atomic E-state index is 0.00842. The zero-order chi connectivity index (χ0) is 43.2. The topological polar surface area (TPSA) is 172 Å². The summed E-state index contributed by atoms with van der Waals surface area (Å²) in [5.41, 5.74) is 5.34. The molecule has 0 amide bonds. The fourth-order valence-electron chi connectivity index (χ4n) is 5.84. The Morgan fingerprint density at radius 1 is 0.763 bits per heavy atom. The summed E-state index contributed by atoms with van der Waals surface area (Å²) in [7, 11) is -4.45. The number of nitrogens with two attached hydrogens (primary N) is 1. The Morgan fingerprint density at radius 2 is 1.36 bits per heavy atom. The summed E-state index contributed by atoms with van der Waals surface area (Å²) in [4.78, 5) is 47.3. The Bertz CT molecular complexity index is 1430. The lowest BCUT2D eigenvalue weighted by Gasteiger charge is -2.19. The number of unbranched alkanes of at least 4 members (excludes halogenated alkanes) is 6. The SMILES string of the molecule is CCCCC/C=C\C/C=C\C/C=C\C/C=C\C/C=C\CCC(=O)O[C@H](COC(=O)CCC/C=C\C[C@H]1C=CC(=O)[C@@H]1/C=C/[C@@H](O)CCCCC)COP(=O)(O)OCCN. The summed E-state index contributed by atoms with van der Waals surface area (Å²) in [5.74, 6) is -1.32. The van der Waals surface area contributed by atoms with Gasteiger partial charge in [0.1, 0.15) is 6.61 Å². The van der Waals surface area contributed by atoms with E-state index in [1.54, 1.807) is 12.2 Å². The van der Waals surface area contributed by atoms with Crippen molar-refractivity contribution in [3.05, 3.63) is 97.2 Å². The molecule has 0 bridgehead atoms. The van der Waals surface area contributed by atoms with Crippen LogP contribution in [0.15, 0.2) is 97.2 Å². The fourth-order valence-corrected chi connectivity index (χ4v) is 6.61. The summed E-state index contributed by atoms with van der Waals surface area (Å²) in [6.45, 7) is 3.26. The van der Waals surface area contributed by atoms with Gasteiger partial charge in [-0.3, -0.25) is 23.4 Å². The lowest BCUT2D eigenvalue weighted by Crippen LogP contribution is -2.29. The van der Waals surface area contributed by atoms with Crippen molar-refractivity contribution >= 4 is 25.5 Å². The molecule has 1 unspecified atom stereocenters. The molecular weight excluding hydrogens is 769 g/mol. The third kappa shape index (κ3) is 31.2. The Hall–Kier alpha value is -3.44. The van der Waals surface area contributed by atoms with E-state index in [1.165, 1.54) is 25.7 Å². The Balaban J connectivity index is 2.42. The van der Waals surface area contributed by atoms with Crippen molar-refractivity contribution in [2.75, 3.05) is 26.4 Å². The van der Waals surface area contributed by atoms with Crippen LogP contribution in [0, 0.1) is 11.8 Å². The molecule has 0 aliphatic heterocycles. The van der Waals surface area contributed by atoms with Gasteiger partial charge in [-0.2, -0.15) is 0 Å². The van der Waals surface area contributed by atoms with Crippen LogP contribution >= 0.6 is 7.82 Å². The lowest BCUT2D eigenvalue weighted by molar-refractivity contribution is -0.161. The maximum absolute atomic E-state index is 12.6. The molecule has 0 aromatic heterocycles. The number of carbonyl (C=O) groups excluding carboxylic acids is 3. The second-order valence-electron chi connectivity index (χ2n) is 14.5. The summed E-state index contributed by atoms with van der Waals surface area (Å²) in [5, 5.41) is 10.2. The summed E-state index contributed by atoms with van der Waals surface area (Å²) in [6, 6.07) is 0. The molecule has 0 saturated heterocycles. The van der Waals surface area contributed by atoms with Crippen molar-refractivity contribution in [3.8, 4) is 0 Å². The highest BCUT2D eigenvalue weighted by Gasteiger charge is 2.27. The average molecular weight is 844 g/mol. The highest BCUT2D eigenvalue weighted by atomic mass is 31.2. The van der Waals surface area contributed by atoms with Crippen LogP contribution in [-0.4, -0.2) is 66.3 Å². The zero-order valence-electron chi connectivity index (χ0n) is 35.8. The highest BCUT2D eigenvalue weighted by molar-refractivity contribution is 7.47. The van der Waals surface area contributed by atoms with Gasteiger partial charge in [0.25, 0.3) is 0 Å². The fraction of sp³-hybridized carbons (Fsp3) is 0.596. The van der Waals surface area contributed by atoms with Crippen molar-refractivity contribution in [2.24, 2.45) is 17.6 Å². The van der Waals surface area contributed by atoms with Gasteiger partial charge < -0.3 is 25.2 Å². The van der Waals surface area contributed by atoms with E-state index in [0.717, 1.165) is 44.9 Å². The number of phosphoric acid groups is 1. The number of esters is 2. The van der Waals surface area contributed by atoms with Gasteiger partial charge in [-0.05, 0) is 82.6 Å². The summed E-state index contributed by atoms with van der Waals surface area (Å²) >= 11 is 0. The molecule has 0 saturated carbocycles. The summed E-state index contributed by atoms with van der Waals surface area (Å²) < 4.78 is 32.7. The Kier molecular flexibility index (Phi) is 33.1. The molecule has 0 heterocycles. The van der Waals surface area contributed by atoms with Gasteiger partial charge in [0.2, 0.25) is 0 Å². The molecule has 59 heavy (non-hydrogen) atoms. The second kappa shape index (κ2) is 36.4. The van der Waals surface area contributed by atoms with Gasteiger partial charge in [-0.25, -0.2) is 4.57 Å². The molecule has 1 aliphatic carbocycles. The maximum Gasteiger partial charge on any atom is 0.472 e. The number of phosphoric ester groups is 1. The monoisotopic (exact) mass is 844 g/mol. The number of ether oxygens (including phenoxy) is 2. The molecule has 0 fully saturated rings. The molecule has 0 aromatic rings. The van der Waals surface area contributed by atoms with Crippen LogP contribution in [0.5, 0.6) is 0 Å². The molecule has 0 aromatic carbocycles. The van der Waals surface area contributed by atoms with Crippen LogP contribution in [0.2, 0.25) is 0 Å². The van der Waals surface area contributed by atoms with Crippen molar-refractivity contribution in [1.29, 1.82) is 0 Å². The van der Waals surface area contributed by atoms with E-state index in [9.17, 15) is 28.9 Å². The van der Waals surface area contributed by atoms with Crippen molar-refractivity contribution < 1.29 is 47.5 Å². The molecule has 4 N–H and O–H groups in total. The van der Waals surface area contributed by atoms with E-state index in [2.05, 4.69) is 62.5 Å². The smallest absolute Gasteiger partial charge is 0.462 e. The summed E-state index contributed by atoms with van der Waals surface area (Å²) in [6.07, 6.45) is 45.1. The number of aliphatic hydroxyl groups excluding tert-OH is 1. The molecule has 11 nitrogen and oxygen atoms in total. The minimum Gasteiger partial charge on any atom is -0.462 e. The van der Waals surface area contributed by atoms with Crippen LogP contribution in [-0.2, 0) is 37.5 Å². The third-order valence-corrected chi connectivity index (χ3v) is 10.2. The number of aliphatic hydroxyl groups is 1. The van der Waals surface area contributed by atoms with Crippen molar-refractivity contribution in [2.45, 2.75) is 142 Å². The first-order valence-electron chi connectivity index (χ1n) is 21.8. The van der Waals surface area contributed by atoms with Crippen LogP contribution in [0.3, 0.4) is 0 Å². The quantitative estimate of drug-likeness (QED) is 0.0237. The number of carbonyl (C=O) groups is 3. The predicted molar refractivity (Wildman–Crippen MR) is 237 cm³/mol. The number of rotatable bonds is 36. The molecule has 332 valence electrons. The minimum atomic E-state index is -4.45. The van der Waals surface area contributed by atoms with Gasteiger partial charge in [-0.15, -0.1) is 0 Å². The highest BCUT2D eigenvalue weighted by Crippen LogP contribution is 2.43. The van der Waals surface area contributed by atoms with Gasteiger partial charge in [0.05, 0.1) is 19.3 Å². The normalized spacial score (nSPS) is 18.2. The van der Waals surface area contributed by atoms with Crippen LogP contribution in [0.4, 0.5) is 0 Å². The van der Waals surface area contributed by atoms with Crippen molar-refractivity contribution in [3.63, 3.8) is 0 Å². The maximum atomic E-state index is 12.6. The number of hydrogen-bond acceptors (Lipinski definition) is 10. The predicted octanol–water partition coefficient (Wildman–Crippen LogP) is 10.2. The van der Waals surface area contributed by atoms with Gasteiger partial charge in [0, 0.05) is 25.3 Å². The first kappa shape index (κ1) is 53.6. The largest absolute Gasteiger partial charge is 0.472 e. The van der Waals surface area contributed by atoms with E-state index in [0.29, 0.717) is 32.1 Å². The van der Waals surface area contributed by atoms with Crippen molar-refractivity contribution in [1.82, 2.24) is 0 Å². The number of hydrogen-bond donors (Lipinski definition) is 3. The van der Waals surface area contributed by atoms with Crippen LogP contribution in [0.25, 0.3) is 0 Å². The molecular formula is C47H74NO10P. The second-order valence-corrected chi connectivity index (χ2v) is 16.0. The molecule has 0 spiro atoms. The third-order valence-electron chi connectivity index (χ3n) is 9.20. The Labute approximate surface area is 354 Å². The molecule has 0 radical (unpaired) electrons. The van der Waals surface area contributed by atoms with Crippen LogP contribution in [0.1, 0.15) is 129 Å². The standard InChI is InChI=1S/C47H74NO10P/c1-3-5-7-8-9-10-11-12-13-14-15-16-17-18-19-20-21-22-28-32-47(52)58-43(40-57-59(53,54)56-38-37-48)39-55-46(51)31-27-24-23-26-29-41-33-36-45(50)44(41)35-34-42(49)30-25-6-4-2/h9-10,12-13,15-16,18-19,21-23,26,33-36,41-44,49H,3-8,11,14,17,20,24-25,27-32,37-40,48H2,1-2H3,(H,53,54)/b10-9-,13-12-,16-15-,19-18-,22-21-,26-23-,35-34+/t41-,42-,43+,44+/m0/s1. The van der Waals surface area contributed by atoms with Gasteiger partial charge in [-0.1, -0.05) is 137 Å². The average Bonchev–Trinajstić information content (AvgIpc) is 3.57. The van der Waals surface area contributed by atoms with E-state index < -0.39 is 38.6 Å². The zero-order valence-corrected chi connectivity index (χ0v) is 36.7. The molecule has 5 atom stereocenters. The molecule has 12 heteroatoms. The van der Waals surface area contributed by atoms with Crippen LogP contribution < -0.4 is 5.73 Å². The molecule has 1 aliphatic rings. The van der Waals surface area contributed by atoms with Gasteiger partial charge >= 0.3 is 19.8 Å². The van der Waals surface area contributed by atoms with E-state index in [-0.39, 0.29) is 50.2 Å². The Morgan fingerprint density at radius 3 is 2.00 bits per heavy atom.